The Kier molecular flexibility index (Phi) is 2.48. The van der Waals surface area contributed by atoms with Crippen molar-refractivity contribution in [3.8, 4) is 22.8 Å². The first-order valence-corrected chi connectivity index (χ1v) is 4.51. The lowest BCUT2D eigenvalue weighted by Gasteiger charge is -1.95. The maximum Gasteiger partial charge on any atom is 0.325 e. The number of hydrogen-bond acceptors (Lipinski definition) is 6. The van der Waals surface area contributed by atoms with Crippen molar-refractivity contribution < 1.29 is 19.7 Å². The molecule has 0 aliphatic carbocycles. The fourth-order valence-electron chi connectivity index (χ4n) is 1.33. The highest BCUT2D eigenvalue weighted by molar-refractivity contribution is 5.67. The molecule has 0 aliphatic heterocycles. The quantitative estimate of drug-likeness (QED) is 0.466. The molecular weight excluding hydrogens is 232 g/mol. The summed E-state index contributed by atoms with van der Waals surface area (Å²) >= 11 is 0. The third-order valence-electron chi connectivity index (χ3n) is 2.14. The number of aromatic nitrogens is 2. The zero-order chi connectivity index (χ0) is 12.6. The van der Waals surface area contributed by atoms with Crippen molar-refractivity contribution in [1.29, 1.82) is 0 Å². The number of aromatic hydroxyl groups is 2. The molecule has 0 atom stereocenters. The summed E-state index contributed by atoms with van der Waals surface area (Å²) < 4.78 is 4.91. The van der Waals surface area contributed by atoms with Crippen LogP contribution in [0.5, 0.6) is 11.5 Å². The maximum atomic E-state index is 11.4. The molecule has 8 nitrogen and oxygen atoms in total. The van der Waals surface area contributed by atoms with Gasteiger partial charge in [0.15, 0.2) is 11.5 Å². The molecule has 5 N–H and O–H groups in total. The average Bonchev–Trinajstić information content (AvgIpc) is 2.57. The number of rotatable bonds is 2. The fraction of sp³-hybridized carbons (Fsp3) is 0.111. The second kappa shape index (κ2) is 3.83. The molecule has 0 saturated carbocycles. The number of furan rings is 1. The molecule has 2 aromatic heterocycles. The van der Waals surface area contributed by atoms with Crippen LogP contribution < -0.4 is 11.2 Å². The lowest BCUT2D eigenvalue weighted by atomic mass is 10.2. The van der Waals surface area contributed by atoms with Gasteiger partial charge >= 0.3 is 5.69 Å². The Morgan fingerprint density at radius 3 is 2.47 bits per heavy atom. The molecule has 17 heavy (non-hydrogen) atoms. The lowest BCUT2D eigenvalue weighted by molar-refractivity contribution is 0.240. The summed E-state index contributed by atoms with van der Waals surface area (Å²) in [5.74, 6) is -1.92. The topological polar surface area (TPSA) is 140 Å². The Hall–Kier alpha value is -2.48. The van der Waals surface area contributed by atoms with Gasteiger partial charge in [0.25, 0.3) is 5.56 Å². The highest BCUT2D eigenvalue weighted by Gasteiger charge is 2.22. The van der Waals surface area contributed by atoms with E-state index in [-0.39, 0.29) is 17.1 Å². The number of hydrogen-bond donors (Lipinski definition) is 5. The van der Waals surface area contributed by atoms with Gasteiger partial charge < -0.3 is 24.7 Å². The predicted molar refractivity (Wildman–Crippen MR) is 54.6 cm³/mol. The third kappa shape index (κ3) is 1.70. The Morgan fingerprint density at radius 1 is 1.24 bits per heavy atom. The van der Waals surface area contributed by atoms with Crippen LogP contribution in [0.4, 0.5) is 0 Å². The maximum absolute atomic E-state index is 11.4. The van der Waals surface area contributed by atoms with Gasteiger partial charge in [0.05, 0.1) is 0 Å². The van der Waals surface area contributed by atoms with Gasteiger partial charge in [0.2, 0.25) is 11.5 Å². The second-order valence-corrected chi connectivity index (χ2v) is 3.20. The number of H-pyrrole nitrogens is 2. The Labute approximate surface area is 92.8 Å². The molecule has 2 aromatic rings. The Bertz CT molecular complexity index is 665. The molecule has 0 aliphatic rings. The van der Waals surface area contributed by atoms with Crippen LogP contribution in [0.15, 0.2) is 20.2 Å². The van der Waals surface area contributed by atoms with Gasteiger partial charge in [-0.1, -0.05) is 0 Å². The van der Waals surface area contributed by atoms with Crippen LogP contribution >= 0.6 is 0 Å². The minimum Gasteiger partial charge on any atom is -0.502 e. The number of aliphatic hydroxyl groups is 1. The monoisotopic (exact) mass is 240 g/mol. The normalized spacial score (nSPS) is 10.6. The standard InChI is InChI=1S/C9H8N2O6/c12-2-4-5(13)6(14)7(17-4)3-1-10-9(16)11-8(3)15/h1,12-14H,2H2,(H2,10,11,15,16). The van der Waals surface area contributed by atoms with E-state index >= 15 is 0 Å². The predicted octanol–water partition coefficient (Wildman–Crippen LogP) is -0.773. The van der Waals surface area contributed by atoms with Crippen LogP contribution in [-0.4, -0.2) is 25.3 Å². The molecule has 0 radical (unpaired) electrons. The summed E-state index contributed by atoms with van der Waals surface area (Å²) in [5.41, 5.74) is -1.67. The molecule has 0 amide bonds. The zero-order valence-corrected chi connectivity index (χ0v) is 8.35. The summed E-state index contributed by atoms with van der Waals surface area (Å²) in [5, 5.41) is 27.6. The Morgan fingerprint density at radius 2 is 1.94 bits per heavy atom. The van der Waals surface area contributed by atoms with E-state index < -0.39 is 29.4 Å². The van der Waals surface area contributed by atoms with Gasteiger partial charge in [-0.3, -0.25) is 9.78 Å². The lowest BCUT2D eigenvalue weighted by Crippen LogP contribution is -2.22. The van der Waals surface area contributed by atoms with Crippen molar-refractivity contribution in [3.63, 3.8) is 0 Å². The first kappa shape index (κ1) is 11.0. The van der Waals surface area contributed by atoms with E-state index in [0.717, 1.165) is 6.20 Å². The largest absolute Gasteiger partial charge is 0.502 e. The molecule has 0 fully saturated rings. The zero-order valence-electron chi connectivity index (χ0n) is 8.35. The molecular formula is C9H8N2O6. The number of nitrogens with one attached hydrogen (secondary N) is 2. The van der Waals surface area contributed by atoms with Gasteiger partial charge in [-0.05, 0) is 0 Å². The molecule has 2 heterocycles. The van der Waals surface area contributed by atoms with E-state index in [1.165, 1.54) is 0 Å². The first-order chi connectivity index (χ1) is 8.04. The summed E-state index contributed by atoms with van der Waals surface area (Å²) in [7, 11) is 0. The van der Waals surface area contributed by atoms with Crippen LogP contribution in [0.1, 0.15) is 5.76 Å². The van der Waals surface area contributed by atoms with Crippen molar-refractivity contribution in [1.82, 2.24) is 9.97 Å². The highest BCUT2D eigenvalue weighted by Crippen LogP contribution is 2.40. The van der Waals surface area contributed by atoms with Gasteiger partial charge in [-0.25, -0.2) is 4.79 Å². The first-order valence-electron chi connectivity index (χ1n) is 4.51. The molecule has 2 rings (SSSR count). The van der Waals surface area contributed by atoms with Crippen LogP contribution in [0.25, 0.3) is 11.3 Å². The summed E-state index contributed by atoms with van der Waals surface area (Å²) in [6.07, 6.45) is 1.03. The van der Waals surface area contributed by atoms with E-state index in [9.17, 15) is 19.8 Å². The van der Waals surface area contributed by atoms with E-state index in [4.69, 9.17) is 9.52 Å². The van der Waals surface area contributed by atoms with Gasteiger partial charge in [0, 0.05) is 6.20 Å². The van der Waals surface area contributed by atoms with E-state index in [1.807, 2.05) is 4.98 Å². The van der Waals surface area contributed by atoms with Gasteiger partial charge in [0.1, 0.15) is 12.2 Å². The van der Waals surface area contributed by atoms with E-state index in [2.05, 4.69) is 4.98 Å². The van der Waals surface area contributed by atoms with Crippen molar-refractivity contribution in [2.45, 2.75) is 6.61 Å². The molecule has 90 valence electrons. The van der Waals surface area contributed by atoms with Gasteiger partial charge in [-0.15, -0.1) is 0 Å². The molecule has 8 heteroatoms. The van der Waals surface area contributed by atoms with E-state index in [1.54, 1.807) is 0 Å². The number of aromatic amines is 2. The highest BCUT2D eigenvalue weighted by atomic mass is 16.4. The van der Waals surface area contributed by atoms with Gasteiger partial charge in [-0.2, -0.15) is 0 Å². The van der Waals surface area contributed by atoms with E-state index in [0.29, 0.717) is 0 Å². The fourth-order valence-corrected chi connectivity index (χ4v) is 1.33. The SMILES string of the molecule is O=c1[nH]cc(-c2oc(CO)c(O)c2O)c(=O)[nH]1. The minimum absolute atomic E-state index is 0.169. The molecule has 0 saturated heterocycles. The van der Waals surface area contributed by atoms with Crippen LogP contribution in [-0.2, 0) is 6.61 Å². The number of aliphatic hydroxyl groups excluding tert-OH is 1. The minimum atomic E-state index is -0.790. The molecule has 0 aromatic carbocycles. The Balaban J connectivity index is 2.69. The van der Waals surface area contributed by atoms with Crippen LogP contribution in [0.2, 0.25) is 0 Å². The third-order valence-corrected chi connectivity index (χ3v) is 2.14. The molecule has 0 bridgehead atoms. The van der Waals surface area contributed by atoms with Crippen molar-refractivity contribution in [2.24, 2.45) is 0 Å². The van der Waals surface area contributed by atoms with Crippen LogP contribution in [0, 0.1) is 0 Å². The summed E-state index contributed by atoms with van der Waals surface area (Å²) in [6.45, 7) is -0.638. The van der Waals surface area contributed by atoms with Crippen molar-refractivity contribution in [2.75, 3.05) is 0 Å². The average molecular weight is 240 g/mol. The summed E-state index contributed by atoms with van der Waals surface area (Å²) in [4.78, 5) is 26.3. The van der Waals surface area contributed by atoms with Crippen LogP contribution in [0.3, 0.4) is 0 Å². The van der Waals surface area contributed by atoms with Crippen molar-refractivity contribution in [3.05, 3.63) is 32.8 Å². The van der Waals surface area contributed by atoms with Crippen molar-refractivity contribution >= 4 is 0 Å². The smallest absolute Gasteiger partial charge is 0.325 e. The second-order valence-electron chi connectivity index (χ2n) is 3.20. The summed E-state index contributed by atoms with van der Waals surface area (Å²) in [6, 6.07) is 0. The molecule has 0 unspecified atom stereocenters. The molecule has 0 spiro atoms.